The number of nitro benzene ring substituents is 1. The Morgan fingerprint density at radius 1 is 1.05 bits per heavy atom. The number of aliphatic carboxylic acids is 2. The number of hydrogen-bond donors (Lipinski definition) is 4. The van der Waals surface area contributed by atoms with E-state index in [9.17, 15) is 34.4 Å². The second kappa shape index (κ2) is 15.7. The van der Waals surface area contributed by atoms with Crippen molar-refractivity contribution in [3.63, 3.8) is 0 Å². The Labute approximate surface area is 218 Å². The molecule has 14 heteroatoms. The Morgan fingerprint density at radius 3 is 2.13 bits per heavy atom. The fourth-order valence-electron chi connectivity index (χ4n) is 3.33. The fourth-order valence-corrected chi connectivity index (χ4v) is 3.33. The largest absolute Gasteiger partial charge is 0.478 e. The quantitative estimate of drug-likeness (QED) is 0.159. The number of hydrogen-bond acceptors (Lipinski definition) is 9. The zero-order chi connectivity index (χ0) is 28.8. The second-order valence-electron chi connectivity index (χ2n) is 8.31. The van der Waals surface area contributed by atoms with Crippen LogP contribution < -0.4 is 16.6 Å². The number of nitrogens with zero attached hydrogens (tertiary/aromatic N) is 4. The van der Waals surface area contributed by atoms with Crippen LogP contribution in [0.1, 0.15) is 24.8 Å². The van der Waals surface area contributed by atoms with Crippen molar-refractivity contribution < 1.29 is 29.8 Å². The van der Waals surface area contributed by atoms with Crippen molar-refractivity contribution in [1.29, 1.82) is 0 Å². The van der Waals surface area contributed by atoms with Crippen LogP contribution >= 0.6 is 0 Å². The summed E-state index contributed by atoms with van der Waals surface area (Å²) in [6.07, 6.45) is 1.94. The molecule has 1 atom stereocenters. The number of non-ortho nitro benzene ring substituents is 1. The molecule has 0 fully saturated rings. The number of carboxylic acid groups (broad SMARTS) is 2. The normalized spacial score (nSPS) is 11.6. The molecule has 0 aliphatic rings. The van der Waals surface area contributed by atoms with Crippen LogP contribution in [-0.2, 0) is 23.7 Å². The molecule has 4 N–H and O–H groups in total. The van der Waals surface area contributed by atoms with Gasteiger partial charge in [0.1, 0.15) is 5.82 Å². The fraction of sp³-hybridized carbons (Fsp3) is 0.417. The number of aliphatic hydroxyl groups is 1. The van der Waals surface area contributed by atoms with Gasteiger partial charge < -0.3 is 20.6 Å². The van der Waals surface area contributed by atoms with E-state index in [4.69, 9.17) is 10.2 Å². The number of carbonyl (C=O) groups is 2. The summed E-state index contributed by atoms with van der Waals surface area (Å²) in [5.74, 6) is -1.86. The van der Waals surface area contributed by atoms with Crippen LogP contribution in [0.15, 0.2) is 52.1 Å². The van der Waals surface area contributed by atoms with Crippen molar-refractivity contribution in [3.8, 4) is 0 Å². The number of aromatic nitrogens is 2. The van der Waals surface area contributed by atoms with E-state index in [1.807, 2.05) is 0 Å². The van der Waals surface area contributed by atoms with Crippen LogP contribution in [0.3, 0.4) is 0 Å². The molecule has 0 aliphatic carbocycles. The minimum absolute atomic E-state index is 0.0241. The molecular weight excluding hydrogens is 502 g/mol. The van der Waals surface area contributed by atoms with Crippen molar-refractivity contribution >= 4 is 23.4 Å². The van der Waals surface area contributed by atoms with Crippen LogP contribution in [0.25, 0.3) is 0 Å². The summed E-state index contributed by atoms with van der Waals surface area (Å²) >= 11 is 0. The molecule has 14 nitrogen and oxygen atoms in total. The second-order valence-corrected chi connectivity index (χ2v) is 8.31. The van der Waals surface area contributed by atoms with Gasteiger partial charge in [0.15, 0.2) is 0 Å². The third-order valence-electron chi connectivity index (χ3n) is 5.60. The third kappa shape index (κ3) is 10.8. The molecule has 38 heavy (non-hydrogen) atoms. The van der Waals surface area contributed by atoms with Gasteiger partial charge in [0.05, 0.1) is 11.5 Å². The van der Waals surface area contributed by atoms with Gasteiger partial charge in [0.25, 0.3) is 11.2 Å². The summed E-state index contributed by atoms with van der Waals surface area (Å²) in [5, 5.41) is 38.9. The number of nitrogens with one attached hydrogen (secondary N) is 1. The molecular formula is C24H33N5O9. The molecule has 208 valence electrons. The molecule has 1 heterocycles. The predicted octanol–water partition coefficient (Wildman–Crippen LogP) is 0.604. The maximum absolute atomic E-state index is 12.0. The van der Waals surface area contributed by atoms with E-state index in [1.54, 1.807) is 19.2 Å². The summed E-state index contributed by atoms with van der Waals surface area (Å²) in [6.45, 7) is 4.45. The highest BCUT2D eigenvalue weighted by molar-refractivity contribution is 5.89. The molecule has 0 spiro atoms. The molecule has 2 rings (SSSR count). The first-order chi connectivity index (χ1) is 17.9. The number of aliphatic hydroxyl groups excluding tert-OH is 1. The SMILES string of the molecule is CC(CCN(CCO)CCNc1cc(=O)n(C)c(=O)n1C)c1ccc([N+](=O)[O-])cc1.O=C(O)C=CC(=O)O. The molecule has 1 aromatic heterocycles. The van der Waals surface area contributed by atoms with Crippen LogP contribution in [0, 0.1) is 10.1 Å². The number of rotatable bonds is 13. The highest BCUT2D eigenvalue weighted by atomic mass is 16.6. The Morgan fingerprint density at radius 2 is 1.63 bits per heavy atom. The monoisotopic (exact) mass is 535 g/mol. The van der Waals surface area contributed by atoms with Crippen LogP contribution in [0.4, 0.5) is 11.5 Å². The Bertz CT molecular complexity index is 1220. The number of anilines is 1. The average molecular weight is 536 g/mol. The van der Waals surface area contributed by atoms with Crippen molar-refractivity contribution in [3.05, 3.63) is 79.0 Å². The number of nitro groups is 1. The molecule has 0 saturated heterocycles. The smallest absolute Gasteiger partial charge is 0.332 e. The first-order valence-electron chi connectivity index (χ1n) is 11.6. The van der Waals surface area contributed by atoms with Gasteiger partial charge in [-0.1, -0.05) is 19.1 Å². The summed E-state index contributed by atoms with van der Waals surface area (Å²) in [7, 11) is 3.03. The number of benzene rings is 1. The first-order valence-corrected chi connectivity index (χ1v) is 11.6. The van der Waals surface area contributed by atoms with Gasteiger partial charge in [0, 0.05) is 64.1 Å². The van der Waals surface area contributed by atoms with Gasteiger partial charge in [-0.3, -0.25) is 28.9 Å². The summed E-state index contributed by atoms with van der Waals surface area (Å²) < 4.78 is 2.43. The van der Waals surface area contributed by atoms with E-state index >= 15 is 0 Å². The Hall–Kier alpha value is -4.30. The first kappa shape index (κ1) is 31.7. The van der Waals surface area contributed by atoms with Gasteiger partial charge >= 0.3 is 17.6 Å². The molecule has 2 aromatic rings. The maximum atomic E-state index is 12.0. The standard InChI is InChI=1S/C20H29N5O5.C4H4O4/c1-15(16-4-6-17(7-5-16)25(29)30)8-10-24(12-13-26)11-9-21-18-14-19(27)23(3)20(28)22(18)2;5-3(6)1-2-4(7)8/h4-7,14-15,21,26H,8-13H2,1-3H3;1-2H,(H,5,6)(H,7,8). The minimum atomic E-state index is -1.26. The summed E-state index contributed by atoms with van der Waals surface area (Å²) in [4.78, 5) is 55.4. The van der Waals surface area contributed by atoms with Crippen molar-refractivity contribution in [2.24, 2.45) is 14.1 Å². The van der Waals surface area contributed by atoms with E-state index in [2.05, 4.69) is 17.1 Å². The average Bonchev–Trinajstić information content (AvgIpc) is 2.87. The zero-order valence-corrected chi connectivity index (χ0v) is 21.4. The highest BCUT2D eigenvalue weighted by Gasteiger charge is 2.12. The highest BCUT2D eigenvalue weighted by Crippen LogP contribution is 2.22. The van der Waals surface area contributed by atoms with Gasteiger partial charge in [-0.25, -0.2) is 14.4 Å². The maximum Gasteiger partial charge on any atom is 0.332 e. The third-order valence-corrected chi connectivity index (χ3v) is 5.60. The van der Waals surface area contributed by atoms with E-state index in [-0.39, 0.29) is 23.8 Å². The molecule has 0 radical (unpaired) electrons. The van der Waals surface area contributed by atoms with Gasteiger partial charge in [0.2, 0.25) is 0 Å². The van der Waals surface area contributed by atoms with Crippen LogP contribution in [0.5, 0.6) is 0 Å². The lowest BCUT2D eigenvalue weighted by Gasteiger charge is -2.24. The van der Waals surface area contributed by atoms with E-state index in [0.717, 1.165) is 23.1 Å². The minimum Gasteiger partial charge on any atom is -0.478 e. The lowest BCUT2D eigenvalue weighted by Crippen LogP contribution is -2.38. The van der Waals surface area contributed by atoms with Crippen molar-refractivity contribution in [1.82, 2.24) is 14.0 Å². The van der Waals surface area contributed by atoms with Crippen LogP contribution in [0.2, 0.25) is 0 Å². The Kier molecular flexibility index (Phi) is 13.1. The van der Waals surface area contributed by atoms with E-state index < -0.39 is 22.6 Å². The molecule has 0 amide bonds. The molecule has 1 unspecified atom stereocenters. The Balaban J connectivity index is 0.000000781. The van der Waals surface area contributed by atoms with E-state index in [1.165, 1.54) is 29.8 Å². The van der Waals surface area contributed by atoms with Crippen molar-refractivity contribution in [2.45, 2.75) is 19.3 Å². The predicted molar refractivity (Wildman–Crippen MR) is 139 cm³/mol. The van der Waals surface area contributed by atoms with Crippen molar-refractivity contribution in [2.75, 3.05) is 38.1 Å². The van der Waals surface area contributed by atoms with Crippen LogP contribution in [-0.4, -0.2) is 79.0 Å². The molecule has 0 saturated carbocycles. The number of carboxylic acids is 2. The van der Waals surface area contributed by atoms with Gasteiger partial charge in [-0.2, -0.15) is 0 Å². The zero-order valence-electron chi connectivity index (χ0n) is 21.4. The molecule has 1 aromatic carbocycles. The van der Waals surface area contributed by atoms with Gasteiger partial charge in [-0.05, 0) is 24.4 Å². The lowest BCUT2D eigenvalue weighted by molar-refractivity contribution is -0.384. The topological polar surface area (TPSA) is 197 Å². The van der Waals surface area contributed by atoms with Gasteiger partial charge in [-0.15, -0.1) is 0 Å². The lowest BCUT2D eigenvalue weighted by atomic mass is 9.97. The van der Waals surface area contributed by atoms with E-state index in [0.29, 0.717) is 37.6 Å². The summed E-state index contributed by atoms with van der Waals surface area (Å²) in [6, 6.07) is 7.95. The molecule has 0 aliphatic heterocycles. The molecule has 0 bridgehead atoms. The summed E-state index contributed by atoms with van der Waals surface area (Å²) in [5.41, 5.74) is 0.334.